The highest BCUT2D eigenvalue weighted by molar-refractivity contribution is 7.92. The van der Waals surface area contributed by atoms with E-state index >= 15 is 0 Å². The van der Waals surface area contributed by atoms with E-state index in [0.29, 0.717) is 23.6 Å². The topological polar surface area (TPSA) is 84.9 Å². The summed E-state index contributed by atoms with van der Waals surface area (Å²) in [5, 5.41) is 2.91. The van der Waals surface area contributed by atoms with Crippen molar-refractivity contribution in [2.75, 3.05) is 24.8 Å². The minimum absolute atomic E-state index is 0.315. The maximum absolute atomic E-state index is 13.1. The van der Waals surface area contributed by atoms with E-state index in [9.17, 15) is 13.2 Å². The van der Waals surface area contributed by atoms with Crippen molar-refractivity contribution in [2.45, 2.75) is 32.4 Å². The van der Waals surface area contributed by atoms with Gasteiger partial charge in [0.15, 0.2) is 0 Å². The van der Waals surface area contributed by atoms with E-state index in [1.54, 1.807) is 69.7 Å². The fourth-order valence-electron chi connectivity index (χ4n) is 3.20. The van der Waals surface area contributed by atoms with Crippen LogP contribution in [0.25, 0.3) is 0 Å². The SMILES string of the molecule is CC[C@H](C(=O)N[C@H](C)c1cc(OC)ccc1OC)N(c1ccccc1)S(C)(=O)=O. The number of para-hydroxylation sites is 1. The van der Waals surface area contributed by atoms with E-state index in [4.69, 9.17) is 9.47 Å². The van der Waals surface area contributed by atoms with Crippen molar-refractivity contribution in [3.05, 3.63) is 54.1 Å². The van der Waals surface area contributed by atoms with Gasteiger partial charge >= 0.3 is 0 Å². The summed E-state index contributed by atoms with van der Waals surface area (Å²) < 4.78 is 36.8. The number of anilines is 1. The third-order valence-electron chi connectivity index (χ3n) is 4.60. The first-order valence-corrected chi connectivity index (χ1v) is 11.1. The van der Waals surface area contributed by atoms with Gasteiger partial charge in [0, 0.05) is 5.56 Å². The molecule has 0 saturated heterocycles. The van der Waals surface area contributed by atoms with Crippen LogP contribution < -0.4 is 19.1 Å². The molecule has 2 rings (SSSR count). The monoisotopic (exact) mass is 420 g/mol. The minimum Gasteiger partial charge on any atom is -0.497 e. The van der Waals surface area contributed by atoms with Gasteiger partial charge in [0.25, 0.3) is 0 Å². The van der Waals surface area contributed by atoms with Crippen LogP contribution in [0.5, 0.6) is 11.5 Å². The first-order valence-electron chi connectivity index (χ1n) is 9.29. The van der Waals surface area contributed by atoms with Gasteiger partial charge < -0.3 is 14.8 Å². The van der Waals surface area contributed by atoms with Gasteiger partial charge in [-0.25, -0.2) is 8.42 Å². The molecule has 158 valence electrons. The van der Waals surface area contributed by atoms with Gasteiger partial charge in [0.1, 0.15) is 17.5 Å². The molecule has 0 spiro atoms. The second-order valence-corrected chi connectivity index (χ2v) is 8.52. The van der Waals surface area contributed by atoms with Crippen LogP contribution in [0.2, 0.25) is 0 Å². The van der Waals surface area contributed by atoms with Crippen LogP contribution in [0, 0.1) is 0 Å². The highest BCUT2D eigenvalue weighted by Crippen LogP contribution is 2.30. The molecule has 0 heterocycles. The molecule has 2 aromatic carbocycles. The lowest BCUT2D eigenvalue weighted by Crippen LogP contribution is -2.49. The number of hydrogen-bond acceptors (Lipinski definition) is 5. The average Bonchev–Trinajstić information content (AvgIpc) is 2.70. The van der Waals surface area contributed by atoms with Gasteiger partial charge in [-0.15, -0.1) is 0 Å². The lowest BCUT2D eigenvalue weighted by molar-refractivity contribution is -0.122. The lowest BCUT2D eigenvalue weighted by Gasteiger charge is -2.31. The van der Waals surface area contributed by atoms with Crippen molar-refractivity contribution in [1.29, 1.82) is 0 Å². The molecule has 2 atom stereocenters. The molecule has 0 fully saturated rings. The number of methoxy groups -OCH3 is 2. The summed E-state index contributed by atoms with van der Waals surface area (Å²) in [6.45, 7) is 3.59. The second-order valence-electron chi connectivity index (χ2n) is 6.66. The third kappa shape index (κ3) is 5.41. The van der Waals surface area contributed by atoms with Crippen LogP contribution in [0.4, 0.5) is 5.69 Å². The van der Waals surface area contributed by atoms with E-state index in [1.165, 1.54) is 0 Å². The van der Waals surface area contributed by atoms with E-state index in [1.807, 2.05) is 6.92 Å². The summed E-state index contributed by atoms with van der Waals surface area (Å²) in [4.78, 5) is 13.1. The molecule has 1 amide bonds. The maximum atomic E-state index is 13.1. The Kier molecular flexibility index (Phi) is 7.50. The van der Waals surface area contributed by atoms with Crippen LogP contribution >= 0.6 is 0 Å². The van der Waals surface area contributed by atoms with Crippen LogP contribution in [-0.4, -0.2) is 40.8 Å². The number of amides is 1. The standard InChI is InChI=1S/C21H28N2O5S/c1-6-19(23(29(5,25)26)16-10-8-7-9-11-16)21(24)22-15(2)18-14-17(27-3)12-13-20(18)28-4/h7-15,19H,6H2,1-5H3,(H,22,24)/t15-,19-/m1/s1. The summed E-state index contributed by atoms with van der Waals surface area (Å²) in [7, 11) is -0.558. The van der Waals surface area contributed by atoms with Crippen LogP contribution in [-0.2, 0) is 14.8 Å². The fourth-order valence-corrected chi connectivity index (χ4v) is 4.41. The number of sulfonamides is 1. The molecular formula is C21H28N2O5S. The Labute approximate surface area is 172 Å². The Hall–Kier alpha value is -2.74. The summed E-state index contributed by atoms with van der Waals surface area (Å²) >= 11 is 0. The number of carbonyl (C=O) groups excluding carboxylic acids is 1. The summed E-state index contributed by atoms with van der Waals surface area (Å²) in [5.41, 5.74) is 1.18. The number of ether oxygens (including phenoxy) is 2. The Morgan fingerprint density at radius 3 is 2.28 bits per heavy atom. The lowest BCUT2D eigenvalue weighted by atomic mass is 10.1. The van der Waals surface area contributed by atoms with Gasteiger partial charge in [-0.2, -0.15) is 0 Å². The van der Waals surface area contributed by atoms with Gasteiger partial charge in [-0.1, -0.05) is 25.1 Å². The Morgan fingerprint density at radius 2 is 1.76 bits per heavy atom. The Morgan fingerprint density at radius 1 is 1.10 bits per heavy atom. The smallest absolute Gasteiger partial charge is 0.244 e. The van der Waals surface area contributed by atoms with Crippen molar-refractivity contribution in [1.82, 2.24) is 5.32 Å². The molecule has 0 radical (unpaired) electrons. The average molecular weight is 421 g/mol. The zero-order valence-corrected chi connectivity index (χ0v) is 18.2. The normalized spacial score (nSPS) is 13.3. The minimum atomic E-state index is -3.67. The molecular weight excluding hydrogens is 392 g/mol. The zero-order chi connectivity index (χ0) is 21.6. The van der Waals surface area contributed by atoms with E-state index in [0.717, 1.165) is 16.1 Å². The van der Waals surface area contributed by atoms with E-state index in [2.05, 4.69) is 5.32 Å². The predicted molar refractivity (Wildman–Crippen MR) is 114 cm³/mol. The first kappa shape index (κ1) is 22.5. The van der Waals surface area contributed by atoms with Crippen molar-refractivity contribution in [3.8, 4) is 11.5 Å². The molecule has 0 aromatic heterocycles. The van der Waals surface area contributed by atoms with Gasteiger partial charge in [0.05, 0.1) is 32.2 Å². The number of rotatable bonds is 9. The zero-order valence-electron chi connectivity index (χ0n) is 17.4. The predicted octanol–water partition coefficient (Wildman–Crippen LogP) is 3.13. The summed E-state index contributed by atoms with van der Waals surface area (Å²) in [5.74, 6) is 0.852. The van der Waals surface area contributed by atoms with Crippen molar-refractivity contribution >= 4 is 21.6 Å². The number of nitrogens with one attached hydrogen (secondary N) is 1. The second kappa shape index (κ2) is 9.65. The van der Waals surface area contributed by atoms with E-state index < -0.39 is 22.1 Å². The number of carbonyl (C=O) groups is 1. The molecule has 0 aliphatic carbocycles. The van der Waals surface area contributed by atoms with Crippen molar-refractivity contribution < 1.29 is 22.7 Å². The maximum Gasteiger partial charge on any atom is 0.244 e. The third-order valence-corrected chi connectivity index (χ3v) is 5.78. The van der Waals surface area contributed by atoms with Crippen molar-refractivity contribution in [3.63, 3.8) is 0 Å². The highest BCUT2D eigenvalue weighted by Gasteiger charge is 2.32. The molecule has 0 aliphatic rings. The van der Waals surface area contributed by atoms with Gasteiger partial charge in [0.2, 0.25) is 15.9 Å². The fraction of sp³-hybridized carbons (Fsp3) is 0.381. The summed E-state index contributed by atoms with van der Waals surface area (Å²) in [6.07, 6.45) is 1.42. The molecule has 0 aliphatic heterocycles. The van der Waals surface area contributed by atoms with Crippen LogP contribution in [0.1, 0.15) is 31.9 Å². The highest BCUT2D eigenvalue weighted by atomic mass is 32.2. The van der Waals surface area contributed by atoms with Gasteiger partial charge in [-0.05, 0) is 43.7 Å². The molecule has 1 N–H and O–H groups in total. The quantitative estimate of drug-likeness (QED) is 0.674. The van der Waals surface area contributed by atoms with Crippen molar-refractivity contribution in [2.24, 2.45) is 0 Å². The Balaban J connectivity index is 2.34. The molecule has 7 nitrogen and oxygen atoms in total. The number of nitrogens with zero attached hydrogens (tertiary/aromatic N) is 1. The molecule has 29 heavy (non-hydrogen) atoms. The molecule has 2 aromatic rings. The number of hydrogen-bond donors (Lipinski definition) is 1. The van der Waals surface area contributed by atoms with Crippen LogP contribution in [0.15, 0.2) is 48.5 Å². The number of benzene rings is 2. The molecule has 0 bridgehead atoms. The molecule has 0 saturated carbocycles. The molecule has 8 heteroatoms. The molecule has 0 unspecified atom stereocenters. The largest absolute Gasteiger partial charge is 0.497 e. The first-order chi connectivity index (χ1) is 13.7. The van der Waals surface area contributed by atoms with E-state index in [-0.39, 0.29) is 5.91 Å². The van der Waals surface area contributed by atoms with Crippen LogP contribution in [0.3, 0.4) is 0 Å². The van der Waals surface area contributed by atoms with Gasteiger partial charge in [-0.3, -0.25) is 9.10 Å². The Bertz CT molecular complexity index is 931. The summed E-state index contributed by atoms with van der Waals surface area (Å²) in [6, 6.07) is 12.6.